The van der Waals surface area contributed by atoms with Crippen LogP contribution in [0.5, 0.6) is 0 Å². The van der Waals surface area contributed by atoms with E-state index in [1.165, 1.54) is 16.4 Å². The van der Waals surface area contributed by atoms with Gasteiger partial charge < -0.3 is 10.2 Å². The van der Waals surface area contributed by atoms with Gasteiger partial charge in [0.05, 0.1) is 4.90 Å². The molecular formula is C22H22N4O5S. The SMILES string of the molecule is O=C(NO)c1ccc(NC(=O)N2CCN(S(=O)(=O)c3ccc4ccccc4c3)CC2)cc1. The molecule has 0 radical (unpaired) electrons. The van der Waals surface area contributed by atoms with Crippen molar-refractivity contribution < 1.29 is 23.2 Å². The number of nitrogens with one attached hydrogen (secondary N) is 2. The molecule has 0 unspecified atom stereocenters. The summed E-state index contributed by atoms with van der Waals surface area (Å²) in [5.41, 5.74) is 2.27. The van der Waals surface area contributed by atoms with Crippen LogP contribution in [-0.4, -0.2) is 60.9 Å². The molecule has 0 bridgehead atoms. The Bertz CT molecular complexity index is 1250. The topological polar surface area (TPSA) is 119 Å². The number of sulfonamides is 1. The third kappa shape index (κ3) is 4.42. The van der Waals surface area contributed by atoms with Crippen LogP contribution in [0, 0.1) is 0 Å². The van der Waals surface area contributed by atoms with Crippen molar-refractivity contribution in [3.05, 3.63) is 72.3 Å². The summed E-state index contributed by atoms with van der Waals surface area (Å²) in [7, 11) is -3.66. The molecule has 9 nitrogen and oxygen atoms in total. The van der Waals surface area contributed by atoms with E-state index in [0.717, 1.165) is 10.8 Å². The largest absolute Gasteiger partial charge is 0.322 e. The van der Waals surface area contributed by atoms with Gasteiger partial charge in [0.1, 0.15) is 0 Å². The number of hydrogen-bond donors (Lipinski definition) is 3. The molecule has 166 valence electrons. The fourth-order valence-corrected chi connectivity index (χ4v) is 5.04. The molecule has 1 aliphatic heterocycles. The Morgan fingerprint density at radius 3 is 2.16 bits per heavy atom. The molecule has 1 fully saturated rings. The van der Waals surface area contributed by atoms with Crippen LogP contribution in [0.15, 0.2) is 71.6 Å². The molecular weight excluding hydrogens is 432 g/mol. The molecule has 0 spiro atoms. The highest BCUT2D eigenvalue weighted by Gasteiger charge is 2.30. The zero-order valence-electron chi connectivity index (χ0n) is 17.1. The number of hydroxylamine groups is 1. The highest BCUT2D eigenvalue weighted by Crippen LogP contribution is 2.23. The van der Waals surface area contributed by atoms with Gasteiger partial charge in [0, 0.05) is 37.4 Å². The second kappa shape index (κ2) is 8.95. The van der Waals surface area contributed by atoms with Crippen molar-refractivity contribution in [3.63, 3.8) is 0 Å². The van der Waals surface area contributed by atoms with E-state index in [4.69, 9.17) is 5.21 Å². The average molecular weight is 455 g/mol. The first-order valence-electron chi connectivity index (χ1n) is 9.98. The number of urea groups is 1. The van der Waals surface area contributed by atoms with Gasteiger partial charge in [-0.05, 0) is 47.2 Å². The Kier molecular flexibility index (Phi) is 6.08. The first kappa shape index (κ1) is 21.8. The number of nitrogens with zero attached hydrogens (tertiary/aromatic N) is 2. The Morgan fingerprint density at radius 2 is 1.50 bits per heavy atom. The lowest BCUT2D eigenvalue weighted by Gasteiger charge is -2.34. The summed E-state index contributed by atoms with van der Waals surface area (Å²) in [5, 5.41) is 13.2. The number of amides is 3. The second-order valence-electron chi connectivity index (χ2n) is 7.35. The van der Waals surface area contributed by atoms with E-state index in [-0.39, 0.29) is 42.7 Å². The number of rotatable bonds is 4. The van der Waals surface area contributed by atoms with E-state index in [1.54, 1.807) is 40.7 Å². The van der Waals surface area contributed by atoms with Crippen LogP contribution in [-0.2, 0) is 10.0 Å². The summed E-state index contributed by atoms with van der Waals surface area (Å²) in [5.74, 6) is -0.647. The van der Waals surface area contributed by atoms with Crippen molar-refractivity contribution in [3.8, 4) is 0 Å². The quantitative estimate of drug-likeness (QED) is 0.413. The monoisotopic (exact) mass is 454 g/mol. The van der Waals surface area contributed by atoms with Crippen LogP contribution >= 0.6 is 0 Å². The number of piperazine rings is 1. The van der Waals surface area contributed by atoms with Gasteiger partial charge in [0.15, 0.2) is 0 Å². The number of fused-ring (bicyclic) bond motifs is 1. The van der Waals surface area contributed by atoms with Gasteiger partial charge in [0.2, 0.25) is 10.0 Å². The molecule has 4 rings (SSSR count). The fourth-order valence-electron chi connectivity index (χ4n) is 3.58. The van der Waals surface area contributed by atoms with Crippen LogP contribution < -0.4 is 10.8 Å². The van der Waals surface area contributed by atoms with Gasteiger partial charge in [-0.25, -0.2) is 18.7 Å². The first-order chi connectivity index (χ1) is 15.4. The van der Waals surface area contributed by atoms with Crippen LogP contribution in [0.4, 0.5) is 10.5 Å². The number of hydrogen-bond acceptors (Lipinski definition) is 5. The molecule has 3 aromatic rings. The number of carbonyl (C=O) groups excluding carboxylic acids is 2. The van der Waals surface area contributed by atoms with E-state index in [1.807, 2.05) is 24.3 Å². The Morgan fingerprint density at radius 1 is 0.844 bits per heavy atom. The number of benzene rings is 3. The highest BCUT2D eigenvalue weighted by molar-refractivity contribution is 7.89. The molecule has 10 heteroatoms. The predicted octanol–water partition coefficient (Wildman–Crippen LogP) is 2.50. The van der Waals surface area contributed by atoms with Crippen molar-refractivity contribution in [1.29, 1.82) is 0 Å². The molecule has 32 heavy (non-hydrogen) atoms. The lowest BCUT2D eigenvalue weighted by atomic mass is 10.1. The first-order valence-corrected chi connectivity index (χ1v) is 11.4. The third-order valence-electron chi connectivity index (χ3n) is 5.38. The lowest BCUT2D eigenvalue weighted by molar-refractivity contribution is 0.0706. The summed E-state index contributed by atoms with van der Waals surface area (Å²) in [6, 6.07) is 18.3. The van der Waals surface area contributed by atoms with Gasteiger partial charge in [-0.1, -0.05) is 30.3 Å². The molecule has 1 saturated heterocycles. The number of carbonyl (C=O) groups is 2. The molecule has 0 saturated carbocycles. The summed E-state index contributed by atoms with van der Waals surface area (Å²) in [6.45, 7) is 0.893. The summed E-state index contributed by atoms with van der Waals surface area (Å²) < 4.78 is 27.5. The molecule has 3 aromatic carbocycles. The normalized spacial score (nSPS) is 14.8. The minimum atomic E-state index is -3.66. The Labute approximate surface area is 185 Å². The summed E-state index contributed by atoms with van der Waals surface area (Å²) >= 11 is 0. The minimum Gasteiger partial charge on any atom is -0.322 e. The standard InChI is InChI=1S/C22H22N4O5S/c27-21(24-29)17-5-8-19(9-6-17)23-22(28)25-11-13-26(14-12-25)32(30,31)20-10-7-16-3-1-2-4-18(16)15-20/h1-10,15,29H,11-14H2,(H,23,28)(H,24,27). The smallest absolute Gasteiger partial charge is 0.321 e. The molecule has 1 aliphatic rings. The van der Waals surface area contributed by atoms with E-state index >= 15 is 0 Å². The molecule has 3 N–H and O–H groups in total. The maximum absolute atomic E-state index is 13.1. The van der Waals surface area contributed by atoms with Crippen molar-refractivity contribution in [2.45, 2.75) is 4.90 Å². The van der Waals surface area contributed by atoms with E-state index in [2.05, 4.69) is 5.32 Å². The zero-order valence-corrected chi connectivity index (χ0v) is 17.9. The summed E-state index contributed by atoms with van der Waals surface area (Å²) in [4.78, 5) is 25.7. The highest BCUT2D eigenvalue weighted by atomic mass is 32.2. The zero-order chi connectivity index (χ0) is 22.7. The van der Waals surface area contributed by atoms with Crippen molar-refractivity contribution in [2.24, 2.45) is 0 Å². The van der Waals surface area contributed by atoms with Crippen molar-refractivity contribution in [2.75, 3.05) is 31.5 Å². The van der Waals surface area contributed by atoms with Crippen LogP contribution in [0.1, 0.15) is 10.4 Å². The average Bonchev–Trinajstić information content (AvgIpc) is 2.83. The molecule has 1 heterocycles. The van der Waals surface area contributed by atoms with Gasteiger partial charge in [0.25, 0.3) is 5.91 Å². The fraction of sp³-hybridized carbons (Fsp3) is 0.182. The van der Waals surface area contributed by atoms with Crippen molar-refractivity contribution in [1.82, 2.24) is 14.7 Å². The molecule has 0 aromatic heterocycles. The lowest BCUT2D eigenvalue weighted by Crippen LogP contribution is -2.51. The second-order valence-corrected chi connectivity index (χ2v) is 9.29. The minimum absolute atomic E-state index is 0.193. The summed E-state index contributed by atoms with van der Waals surface area (Å²) in [6.07, 6.45) is 0. The van der Waals surface area contributed by atoms with Crippen LogP contribution in [0.3, 0.4) is 0 Å². The Balaban J connectivity index is 1.38. The van der Waals surface area contributed by atoms with Gasteiger partial charge in [-0.3, -0.25) is 10.0 Å². The van der Waals surface area contributed by atoms with Crippen molar-refractivity contribution >= 4 is 38.4 Å². The predicted molar refractivity (Wildman–Crippen MR) is 119 cm³/mol. The molecule has 3 amide bonds. The molecule has 0 aliphatic carbocycles. The Hall–Kier alpha value is -3.47. The van der Waals surface area contributed by atoms with E-state index in [9.17, 15) is 18.0 Å². The van der Waals surface area contributed by atoms with E-state index < -0.39 is 15.9 Å². The van der Waals surface area contributed by atoms with Crippen LogP contribution in [0.25, 0.3) is 10.8 Å². The molecule has 0 atom stereocenters. The van der Waals surface area contributed by atoms with Gasteiger partial charge >= 0.3 is 6.03 Å². The third-order valence-corrected chi connectivity index (χ3v) is 7.28. The van der Waals surface area contributed by atoms with E-state index in [0.29, 0.717) is 5.69 Å². The van der Waals surface area contributed by atoms with Gasteiger partial charge in [-0.2, -0.15) is 4.31 Å². The van der Waals surface area contributed by atoms with Gasteiger partial charge in [-0.15, -0.1) is 0 Å². The maximum atomic E-state index is 13.1. The van der Waals surface area contributed by atoms with Crippen LogP contribution in [0.2, 0.25) is 0 Å². The maximum Gasteiger partial charge on any atom is 0.321 e. The number of anilines is 1.